The Bertz CT molecular complexity index is 13.5. The topological polar surface area (TPSA) is 17.1 Å². The van der Waals surface area contributed by atoms with Crippen LogP contribution in [0.1, 0.15) is 2.85 Å². The minimum atomic E-state index is 0. The molecule has 0 aliphatic rings. The van der Waals surface area contributed by atoms with E-state index in [1.165, 1.54) is 0 Å². The number of carbonyl (C=O) groups excluding carboxylic acids is 1. The van der Waals surface area contributed by atoms with Crippen molar-refractivity contribution in [2.45, 2.75) is 0 Å². The number of carbonyl (C=O) groups is 1. The SMILES string of the molecule is C=O.S.[H+].[H-].[Na+]. The summed E-state index contributed by atoms with van der Waals surface area (Å²) in [5, 5.41) is 0. The molecule has 0 aliphatic carbocycles. The van der Waals surface area contributed by atoms with Crippen molar-refractivity contribution in [1.82, 2.24) is 0 Å². The van der Waals surface area contributed by atoms with E-state index in [0.717, 1.165) is 0 Å². The molecule has 0 radical (unpaired) electrons. The van der Waals surface area contributed by atoms with Crippen molar-refractivity contribution in [3.05, 3.63) is 0 Å². The van der Waals surface area contributed by atoms with Crippen molar-refractivity contribution >= 4 is 20.3 Å². The standard InChI is InChI=1S/CH2O.Na.H2S.H/c1-2;;;/h1H2;;1H2;/q;+1;;-1/p+1. The van der Waals surface area contributed by atoms with Crippen LogP contribution in [0.5, 0.6) is 0 Å². The van der Waals surface area contributed by atoms with E-state index >= 15 is 0 Å². The summed E-state index contributed by atoms with van der Waals surface area (Å²) >= 11 is 0. The summed E-state index contributed by atoms with van der Waals surface area (Å²) < 4.78 is 0. The van der Waals surface area contributed by atoms with Crippen LogP contribution in [-0.2, 0) is 4.79 Å². The molecule has 4 heavy (non-hydrogen) atoms. The molecule has 0 saturated heterocycles. The van der Waals surface area contributed by atoms with Crippen molar-refractivity contribution in [1.29, 1.82) is 0 Å². The van der Waals surface area contributed by atoms with Gasteiger partial charge in [0, 0.05) is 0 Å². The first-order valence-corrected chi connectivity index (χ1v) is 0.289. The van der Waals surface area contributed by atoms with Crippen molar-refractivity contribution in [2.24, 2.45) is 0 Å². The minimum absolute atomic E-state index is 0. The van der Waals surface area contributed by atoms with Gasteiger partial charge < -0.3 is 6.22 Å². The van der Waals surface area contributed by atoms with Gasteiger partial charge in [-0.15, -0.1) is 0 Å². The molecule has 0 bridgehead atoms. The third-order valence-corrected chi connectivity index (χ3v) is 0. The van der Waals surface area contributed by atoms with Gasteiger partial charge in [0.25, 0.3) is 0 Å². The summed E-state index contributed by atoms with van der Waals surface area (Å²) in [6, 6.07) is 0. The van der Waals surface area contributed by atoms with Crippen LogP contribution in [0.15, 0.2) is 0 Å². The predicted molar refractivity (Wildman–Crippen MR) is 19.7 cm³/mol. The largest absolute Gasteiger partial charge is 1.00 e. The molecule has 0 aromatic heterocycles. The van der Waals surface area contributed by atoms with Gasteiger partial charge in [-0.05, 0) is 0 Å². The molecule has 22 valence electrons. The quantitative estimate of drug-likeness (QED) is 0.292. The molecule has 0 spiro atoms. The summed E-state index contributed by atoms with van der Waals surface area (Å²) in [5.74, 6) is 0. The summed E-state index contributed by atoms with van der Waals surface area (Å²) in [5.41, 5.74) is 0. The summed E-state index contributed by atoms with van der Waals surface area (Å²) in [6.45, 7) is 2.00. The van der Waals surface area contributed by atoms with Crippen LogP contribution >= 0.6 is 13.5 Å². The Kier molecular flexibility index (Phi) is 175. The van der Waals surface area contributed by atoms with Gasteiger partial charge in [0.1, 0.15) is 6.79 Å². The van der Waals surface area contributed by atoms with Crippen LogP contribution in [0, 0.1) is 0 Å². The van der Waals surface area contributed by atoms with Gasteiger partial charge in [0.15, 0.2) is 0 Å². The maximum atomic E-state index is 8.00. The molecule has 0 aromatic rings. The monoisotopic (exact) mass is 89.0 g/mol. The minimum Gasteiger partial charge on any atom is -1.00 e. The molecule has 0 atom stereocenters. The Labute approximate surface area is 57.5 Å². The Morgan fingerprint density at radius 1 is 1.75 bits per heavy atom. The second-order valence-electron chi connectivity index (χ2n) is 0. The van der Waals surface area contributed by atoms with Gasteiger partial charge in [-0.3, -0.25) is 0 Å². The summed E-state index contributed by atoms with van der Waals surface area (Å²) in [4.78, 5) is 8.00. The molecule has 0 aliphatic heterocycles. The Balaban J connectivity index is -0.000000000833. The number of hydrogen-bond acceptors (Lipinski definition) is 1. The Morgan fingerprint density at radius 3 is 1.75 bits per heavy atom. The van der Waals surface area contributed by atoms with E-state index in [9.17, 15) is 0 Å². The maximum absolute atomic E-state index is 8.00. The van der Waals surface area contributed by atoms with Crippen LogP contribution in [0.3, 0.4) is 0 Å². The van der Waals surface area contributed by atoms with Crippen molar-refractivity contribution < 1.29 is 37.2 Å². The smallest absolute Gasteiger partial charge is 1.00 e. The van der Waals surface area contributed by atoms with Gasteiger partial charge in [-0.25, -0.2) is 0 Å². The number of hydrogen-bond donors (Lipinski definition) is 0. The van der Waals surface area contributed by atoms with Crippen LogP contribution in [0.2, 0.25) is 0 Å². The van der Waals surface area contributed by atoms with Crippen molar-refractivity contribution in [2.75, 3.05) is 0 Å². The second kappa shape index (κ2) is 35.2. The third kappa shape index (κ3) is 11.8. The fourth-order valence-corrected chi connectivity index (χ4v) is 0. The molecule has 0 unspecified atom stereocenters. The average Bonchev–Trinajstić information content (AvgIpc) is 1.00. The molecule has 1 nitrogen and oxygen atoms in total. The first-order valence-electron chi connectivity index (χ1n) is 0.289. The van der Waals surface area contributed by atoms with Gasteiger partial charge in [0.05, 0.1) is 0 Å². The number of rotatable bonds is 0. The Hall–Kier alpha value is 1.02. The van der Waals surface area contributed by atoms with E-state index < -0.39 is 0 Å². The first-order chi connectivity index (χ1) is 1.00. The van der Waals surface area contributed by atoms with Gasteiger partial charge in [-0.1, -0.05) is 0 Å². The normalized spacial score (nSPS) is 1.00. The average molecular weight is 89.1 g/mol. The zero-order valence-corrected chi connectivity index (χ0v) is 5.62. The van der Waals surface area contributed by atoms with Crippen LogP contribution in [0.25, 0.3) is 0 Å². The third-order valence-electron chi connectivity index (χ3n) is 0. The van der Waals surface area contributed by atoms with Crippen LogP contribution in [-0.4, -0.2) is 6.79 Å². The fraction of sp³-hybridized carbons (Fsp3) is 0. The molecule has 0 fully saturated rings. The van der Waals surface area contributed by atoms with E-state index in [2.05, 4.69) is 0 Å². The molecular weight excluding hydrogens is 83.1 g/mol. The second-order valence-corrected chi connectivity index (χ2v) is 0. The Morgan fingerprint density at radius 2 is 1.75 bits per heavy atom. The van der Waals surface area contributed by atoms with Gasteiger partial charge in [0.2, 0.25) is 0 Å². The molecular formula is CH6NaOS+. The maximum Gasteiger partial charge on any atom is 1.00 e. The van der Waals surface area contributed by atoms with E-state index in [1.54, 1.807) is 0 Å². The van der Waals surface area contributed by atoms with E-state index in [-0.39, 0.29) is 45.9 Å². The van der Waals surface area contributed by atoms with Crippen molar-refractivity contribution in [3.63, 3.8) is 0 Å². The molecule has 0 amide bonds. The molecule has 0 saturated carbocycles. The van der Waals surface area contributed by atoms with E-state index in [0.29, 0.717) is 0 Å². The zero-order valence-electron chi connectivity index (χ0n) is 4.62. The van der Waals surface area contributed by atoms with Crippen LogP contribution in [0.4, 0.5) is 0 Å². The molecule has 0 N–H and O–H groups in total. The molecule has 0 aromatic carbocycles. The van der Waals surface area contributed by atoms with E-state index in [1.807, 2.05) is 6.79 Å². The van der Waals surface area contributed by atoms with Gasteiger partial charge >= 0.3 is 31.0 Å². The predicted octanol–water partition coefficient (Wildman–Crippen LogP) is -2.84. The molecule has 3 heteroatoms. The van der Waals surface area contributed by atoms with Crippen molar-refractivity contribution in [3.8, 4) is 0 Å². The molecule has 0 heterocycles. The summed E-state index contributed by atoms with van der Waals surface area (Å²) in [6.07, 6.45) is 0. The van der Waals surface area contributed by atoms with Crippen LogP contribution < -0.4 is 29.6 Å². The first kappa shape index (κ1) is 19.9. The fourth-order valence-electron chi connectivity index (χ4n) is 0. The molecule has 0 rings (SSSR count). The van der Waals surface area contributed by atoms with Gasteiger partial charge in [-0.2, -0.15) is 13.5 Å². The summed E-state index contributed by atoms with van der Waals surface area (Å²) in [7, 11) is 0. The van der Waals surface area contributed by atoms with E-state index in [4.69, 9.17) is 4.79 Å². The zero-order chi connectivity index (χ0) is 2.00.